The Labute approximate surface area is 183 Å². The van der Waals surface area contributed by atoms with Gasteiger partial charge in [0.2, 0.25) is 0 Å². The van der Waals surface area contributed by atoms with Crippen LogP contribution in [0, 0.1) is 5.92 Å². The van der Waals surface area contributed by atoms with Gasteiger partial charge >= 0.3 is 0 Å². The van der Waals surface area contributed by atoms with Crippen molar-refractivity contribution in [1.29, 1.82) is 0 Å². The number of hydrogen-bond acceptors (Lipinski definition) is 4. The van der Waals surface area contributed by atoms with Gasteiger partial charge in [-0.05, 0) is 67.1 Å². The van der Waals surface area contributed by atoms with Crippen LogP contribution in [0.2, 0.25) is 0 Å². The van der Waals surface area contributed by atoms with E-state index in [0.717, 1.165) is 60.7 Å². The molecule has 0 amide bonds. The Morgan fingerprint density at radius 3 is 2.81 bits per heavy atom. The van der Waals surface area contributed by atoms with Crippen molar-refractivity contribution in [3.63, 3.8) is 0 Å². The molecule has 3 aromatic rings. The minimum Gasteiger partial charge on any atom is -0.497 e. The van der Waals surface area contributed by atoms with Crippen molar-refractivity contribution in [3.05, 3.63) is 71.4 Å². The van der Waals surface area contributed by atoms with E-state index in [1.54, 1.807) is 7.11 Å². The highest BCUT2D eigenvalue weighted by Gasteiger charge is 2.57. The number of nitrogens with zero attached hydrogens (tertiary/aromatic N) is 2. The molecule has 31 heavy (non-hydrogen) atoms. The summed E-state index contributed by atoms with van der Waals surface area (Å²) in [6.07, 6.45) is 5.05. The Morgan fingerprint density at radius 1 is 1.10 bits per heavy atom. The lowest BCUT2D eigenvalue weighted by atomic mass is 9.56. The molecule has 1 saturated heterocycles. The molecule has 0 radical (unpaired) electrons. The third-order valence-electron chi connectivity index (χ3n) is 7.91. The van der Waals surface area contributed by atoms with Crippen molar-refractivity contribution in [2.75, 3.05) is 26.7 Å². The minimum atomic E-state index is -0.816. The molecule has 2 atom stereocenters. The zero-order chi connectivity index (χ0) is 21.1. The molecule has 0 unspecified atom stereocenters. The summed E-state index contributed by atoms with van der Waals surface area (Å²) in [4.78, 5) is 7.58. The summed E-state index contributed by atoms with van der Waals surface area (Å²) in [5, 5.41) is 13.5. The van der Waals surface area contributed by atoms with E-state index in [1.165, 1.54) is 24.0 Å². The lowest BCUT2D eigenvalue weighted by Gasteiger charge is -2.56. The molecule has 0 spiro atoms. The smallest absolute Gasteiger partial charge is 0.119 e. The summed E-state index contributed by atoms with van der Waals surface area (Å²) in [6.45, 7) is 2.88. The van der Waals surface area contributed by atoms with Crippen LogP contribution >= 0.6 is 0 Å². The molecule has 3 aliphatic rings. The summed E-state index contributed by atoms with van der Waals surface area (Å²) in [5.74, 6) is 1.68. The second-order valence-corrected chi connectivity index (χ2v) is 9.91. The average molecular weight is 415 g/mol. The number of hydrogen-bond donors (Lipinski definition) is 1. The third kappa shape index (κ3) is 3.16. The van der Waals surface area contributed by atoms with Crippen molar-refractivity contribution in [1.82, 2.24) is 9.88 Å². The molecule has 1 aliphatic heterocycles. The highest BCUT2D eigenvalue weighted by molar-refractivity contribution is 5.79. The summed E-state index contributed by atoms with van der Waals surface area (Å²) in [5.41, 5.74) is 3.41. The predicted molar refractivity (Wildman–Crippen MR) is 123 cm³/mol. The van der Waals surface area contributed by atoms with Gasteiger partial charge in [0.25, 0.3) is 0 Å². The predicted octanol–water partition coefficient (Wildman–Crippen LogP) is 4.13. The van der Waals surface area contributed by atoms with Crippen molar-refractivity contribution in [2.45, 2.75) is 43.1 Å². The number of para-hydroxylation sites is 1. The molecule has 6 rings (SSSR count). The normalized spacial score (nSPS) is 28.2. The summed E-state index contributed by atoms with van der Waals surface area (Å²) < 4.78 is 5.56. The van der Waals surface area contributed by atoms with Gasteiger partial charge in [-0.3, -0.25) is 4.98 Å². The van der Waals surface area contributed by atoms with Gasteiger partial charge in [-0.15, -0.1) is 0 Å². The summed E-state index contributed by atoms with van der Waals surface area (Å²) in [7, 11) is 1.71. The molecular formula is C27H30N2O2. The molecule has 2 fully saturated rings. The lowest BCUT2D eigenvalue weighted by molar-refractivity contribution is -0.104. The average Bonchev–Trinajstić information content (AvgIpc) is 3.60. The number of aromatic nitrogens is 1. The first kappa shape index (κ1) is 19.3. The molecular weight excluding hydrogens is 384 g/mol. The molecule has 160 valence electrons. The molecule has 1 aromatic heterocycles. The van der Waals surface area contributed by atoms with Gasteiger partial charge in [0.05, 0.1) is 18.2 Å². The van der Waals surface area contributed by atoms with Gasteiger partial charge in [-0.2, -0.15) is 0 Å². The summed E-state index contributed by atoms with van der Waals surface area (Å²) in [6, 6.07) is 18.9. The van der Waals surface area contributed by atoms with Crippen LogP contribution in [0.1, 0.15) is 36.1 Å². The van der Waals surface area contributed by atoms with Crippen LogP contribution in [0.15, 0.2) is 54.6 Å². The molecule has 1 saturated carbocycles. The van der Waals surface area contributed by atoms with E-state index in [9.17, 15) is 5.11 Å². The van der Waals surface area contributed by atoms with E-state index in [-0.39, 0.29) is 5.41 Å². The molecule has 1 N–H and O–H groups in total. The molecule has 2 heterocycles. The quantitative estimate of drug-likeness (QED) is 0.697. The van der Waals surface area contributed by atoms with Crippen LogP contribution in [-0.4, -0.2) is 47.3 Å². The first-order chi connectivity index (χ1) is 15.1. The number of ether oxygens (including phenoxy) is 1. The number of benzene rings is 2. The SMILES string of the molecule is COc1cccc([C@@]23CCN(CC4CC4)C[C@@]2(O)Cc2cc4ccccc4nc2C3)c1. The molecule has 4 heteroatoms. The summed E-state index contributed by atoms with van der Waals surface area (Å²) >= 11 is 0. The molecule has 2 aromatic carbocycles. The zero-order valence-electron chi connectivity index (χ0n) is 18.2. The molecule has 2 aliphatic carbocycles. The minimum absolute atomic E-state index is 0.343. The zero-order valence-corrected chi connectivity index (χ0v) is 18.2. The standard InChI is InChI=1S/C27H30N2O2/c1-31-23-7-4-6-22(14-23)26-11-12-29(17-19-9-10-19)18-27(26,30)15-21-13-20-5-2-3-8-24(20)28-25(21)16-26/h2-8,13-14,19,30H,9-12,15-18H2,1H3/t26-,27-/m0/s1. The van der Waals surface area contributed by atoms with Crippen LogP contribution in [0.25, 0.3) is 10.9 Å². The number of aliphatic hydroxyl groups is 1. The topological polar surface area (TPSA) is 45.6 Å². The van der Waals surface area contributed by atoms with Gasteiger partial charge in [-0.25, -0.2) is 0 Å². The first-order valence-corrected chi connectivity index (χ1v) is 11.6. The van der Waals surface area contributed by atoms with Crippen molar-refractivity contribution in [3.8, 4) is 5.75 Å². The van der Waals surface area contributed by atoms with E-state index in [4.69, 9.17) is 9.72 Å². The number of piperidine rings is 1. The number of methoxy groups -OCH3 is 1. The molecule has 4 nitrogen and oxygen atoms in total. The highest BCUT2D eigenvalue weighted by atomic mass is 16.5. The first-order valence-electron chi connectivity index (χ1n) is 11.6. The molecule has 0 bridgehead atoms. The van der Waals surface area contributed by atoms with Crippen LogP contribution in [0.5, 0.6) is 5.75 Å². The van der Waals surface area contributed by atoms with Crippen molar-refractivity contribution < 1.29 is 9.84 Å². The van der Waals surface area contributed by atoms with E-state index in [0.29, 0.717) is 6.42 Å². The maximum Gasteiger partial charge on any atom is 0.119 e. The Morgan fingerprint density at radius 2 is 1.97 bits per heavy atom. The number of likely N-dealkylation sites (tertiary alicyclic amines) is 1. The van der Waals surface area contributed by atoms with E-state index < -0.39 is 5.60 Å². The number of pyridine rings is 1. The van der Waals surface area contributed by atoms with Crippen LogP contribution in [-0.2, 0) is 18.3 Å². The van der Waals surface area contributed by atoms with E-state index in [1.807, 2.05) is 6.07 Å². The van der Waals surface area contributed by atoms with Crippen molar-refractivity contribution in [2.24, 2.45) is 5.92 Å². The van der Waals surface area contributed by atoms with Crippen LogP contribution in [0.4, 0.5) is 0 Å². The largest absolute Gasteiger partial charge is 0.497 e. The second kappa shape index (κ2) is 7.04. The fourth-order valence-corrected chi connectivity index (χ4v) is 6.02. The van der Waals surface area contributed by atoms with Crippen LogP contribution in [0.3, 0.4) is 0 Å². The maximum atomic E-state index is 12.4. The maximum absolute atomic E-state index is 12.4. The lowest BCUT2D eigenvalue weighted by Crippen LogP contribution is -2.66. The van der Waals surface area contributed by atoms with Gasteiger partial charge in [-0.1, -0.05) is 30.3 Å². The Hall–Kier alpha value is -2.43. The third-order valence-corrected chi connectivity index (χ3v) is 7.91. The number of fused-ring (bicyclic) bond motifs is 3. The van der Waals surface area contributed by atoms with E-state index >= 15 is 0 Å². The fraction of sp³-hybridized carbons (Fsp3) is 0.444. The Balaban J connectivity index is 1.48. The number of β-amino-alcohol motifs (C(OH)–C–C–N with tert-alkyl or cyclic N) is 1. The monoisotopic (exact) mass is 414 g/mol. The van der Waals surface area contributed by atoms with Crippen molar-refractivity contribution >= 4 is 10.9 Å². The van der Waals surface area contributed by atoms with Gasteiger partial charge < -0.3 is 14.7 Å². The Bertz CT molecular complexity index is 1140. The van der Waals surface area contributed by atoms with Gasteiger partial charge in [0.1, 0.15) is 5.75 Å². The Kier molecular flexibility index (Phi) is 4.38. The number of rotatable bonds is 4. The fourth-order valence-electron chi connectivity index (χ4n) is 6.02. The van der Waals surface area contributed by atoms with E-state index in [2.05, 4.69) is 53.4 Å². The van der Waals surface area contributed by atoms with Crippen LogP contribution < -0.4 is 4.74 Å². The highest BCUT2D eigenvalue weighted by Crippen LogP contribution is 2.51. The second-order valence-electron chi connectivity index (χ2n) is 9.91. The van der Waals surface area contributed by atoms with Gasteiger partial charge in [0, 0.05) is 42.4 Å². The van der Waals surface area contributed by atoms with Gasteiger partial charge in [0.15, 0.2) is 0 Å².